The van der Waals surface area contributed by atoms with Crippen LogP contribution in [0.5, 0.6) is 0 Å². The molecule has 1 aliphatic heterocycles. The van der Waals surface area contributed by atoms with Crippen LogP contribution in [0.3, 0.4) is 0 Å². The number of halogens is 1. The largest absolute Gasteiger partial charge is 0.337 e. The van der Waals surface area contributed by atoms with Gasteiger partial charge < -0.3 is 20.9 Å². The Hall–Kier alpha value is -2.57. The zero-order valence-corrected chi connectivity index (χ0v) is 16.6. The van der Waals surface area contributed by atoms with Crippen molar-refractivity contribution in [3.8, 4) is 0 Å². The third-order valence-corrected chi connectivity index (χ3v) is 5.01. The SMILES string of the molecule is C[C@H]1CNCCN1C(=O)Cc1ccc(NC(=O)NCc2ccc(Cl)cc2)cc1. The summed E-state index contributed by atoms with van der Waals surface area (Å²) in [7, 11) is 0. The predicted molar refractivity (Wildman–Crippen MR) is 112 cm³/mol. The molecule has 0 spiro atoms. The molecule has 148 valence electrons. The number of rotatable bonds is 5. The number of amides is 3. The van der Waals surface area contributed by atoms with Gasteiger partial charge in [0.1, 0.15) is 0 Å². The summed E-state index contributed by atoms with van der Waals surface area (Å²) in [4.78, 5) is 26.5. The van der Waals surface area contributed by atoms with Crippen molar-refractivity contribution in [2.75, 3.05) is 25.0 Å². The van der Waals surface area contributed by atoms with E-state index in [1.165, 1.54) is 0 Å². The van der Waals surface area contributed by atoms with Crippen molar-refractivity contribution in [3.05, 3.63) is 64.7 Å². The van der Waals surface area contributed by atoms with Crippen LogP contribution < -0.4 is 16.0 Å². The van der Waals surface area contributed by atoms with Crippen molar-refractivity contribution in [1.82, 2.24) is 15.5 Å². The summed E-state index contributed by atoms with van der Waals surface area (Å²) in [5.74, 6) is 0.135. The van der Waals surface area contributed by atoms with Crippen molar-refractivity contribution in [2.45, 2.75) is 25.9 Å². The van der Waals surface area contributed by atoms with Gasteiger partial charge in [0.15, 0.2) is 0 Å². The third kappa shape index (κ3) is 5.71. The summed E-state index contributed by atoms with van der Waals surface area (Å²) in [5, 5.41) is 9.55. The van der Waals surface area contributed by atoms with Crippen LogP contribution in [0, 0.1) is 0 Å². The Balaban J connectivity index is 1.47. The minimum atomic E-state index is -0.284. The smallest absolute Gasteiger partial charge is 0.319 e. The third-order valence-electron chi connectivity index (χ3n) is 4.76. The van der Waals surface area contributed by atoms with Crippen molar-refractivity contribution in [1.29, 1.82) is 0 Å². The van der Waals surface area contributed by atoms with E-state index >= 15 is 0 Å². The van der Waals surface area contributed by atoms with Crippen molar-refractivity contribution >= 4 is 29.2 Å². The number of nitrogens with one attached hydrogen (secondary N) is 3. The molecule has 0 aliphatic carbocycles. The molecule has 0 bridgehead atoms. The Labute approximate surface area is 170 Å². The van der Waals surface area contributed by atoms with Gasteiger partial charge in [-0.2, -0.15) is 0 Å². The fraction of sp³-hybridized carbons (Fsp3) is 0.333. The molecule has 0 aromatic heterocycles. The highest BCUT2D eigenvalue weighted by molar-refractivity contribution is 6.30. The van der Waals surface area contributed by atoms with E-state index in [4.69, 9.17) is 11.6 Å². The molecule has 1 aliphatic rings. The van der Waals surface area contributed by atoms with Crippen LogP contribution in [-0.2, 0) is 17.8 Å². The molecule has 1 atom stereocenters. The van der Waals surface area contributed by atoms with Crippen LogP contribution in [0.1, 0.15) is 18.1 Å². The van der Waals surface area contributed by atoms with E-state index in [1.54, 1.807) is 12.1 Å². The molecule has 0 radical (unpaired) electrons. The Kier molecular flexibility index (Phi) is 6.90. The number of benzene rings is 2. The maximum absolute atomic E-state index is 12.5. The average molecular weight is 401 g/mol. The lowest BCUT2D eigenvalue weighted by atomic mass is 10.1. The number of hydrogen-bond acceptors (Lipinski definition) is 3. The summed E-state index contributed by atoms with van der Waals surface area (Å²) in [6, 6.07) is 14.6. The fourth-order valence-corrected chi connectivity index (χ4v) is 3.28. The van der Waals surface area contributed by atoms with Gasteiger partial charge >= 0.3 is 6.03 Å². The predicted octanol–water partition coefficient (Wildman–Crippen LogP) is 3.02. The number of urea groups is 1. The Bertz CT molecular complexity index is 808. The van der Waals surface area contributed by atoms with Gasteiger partial charge in [0.05, 0.1) is 6.42 Å². The van der Waals surface area contributed by atoms with Gasteiger partial charge in [-0.3, -0.25) is 4.79 Å². The van der Waals surface area contributed by atoms with E-state index in [2.05, 4.69) is 22.9 Å². The average Bonchev–Trinajstić information content (AvgIpc) is 2.69. The molecule has 6 nitrogen and oxygen atoms in total. The first kappa shape index (κ1) is 20.2. The van der Waals surface area contributed by atoms with Crippen molar-refractivity contribution in [2.24, 2.45) is 0 Å². The lowest BCUT2D eigenvalue weighted by molar-refractivity contribution is -0.133. The number of carbonyl (C=O) groups is 2. The molecule has 3 N–H and O–H groups in total. The van der Waals surface area contributed by atoms with Crippen molar-refractivity contribution < 1.29 is 9.59 Å². The molecule has 1 heterocycles. The molecule has 1 saturated heterocycles. The van der Waals surface area contributed by atoms with Gasteiger partial charge in [0.2, 0.25) is 5.91 Å². The van der Waals surface area contributed by atoms with Crippen LogP contribution in [0.2, 0.25) is 5.02 Å². The lowest BCUT2D eigenvalue weighted by Gasteiger charge is -2.34. The molecule has 3 rings (SSSR count). The van der Waals surface area contributed by atoms with Crippen LogP contribution in [0.25, 0.3) is 0 Å². The molecular weight excluding hydrogens is 376 g/mol. The topological polar surface area (TPSA) is 73.5 Å². The first-order chi connectivity index (χ1) is 13.5. The first-order valence-electron chi connectivity index (χ1n) is 9.39. The summed E-state index contributed by atoms with van der Waals surface area (Å²) in [5.41, 5.74) is 2.58. The summed E-state index contributed by atoms with van der Waals surface area (Å²) in [6.45, 7) is 4.88. The van der Waals surface area contributed by atoms with Crippen LogP contribution in [0.4, 0.5) is 10.5 Å². The summed E-state index contributed by atoms with van der Waals surface area (Å²) in [6.07, 6.45) is 0.368. The number of carbonyl (C=O) groups excluding carboxylic acids is 2. The highest BCUT2D eigenvalue weighted by atomic mass is 35.5. The van der Waals surface area contributed by atoms with Gasteiger partial charge in [-0.1, -0.05) is 35.9 Å². The molecule has 28 heavy (non-hydrogen) atoms. The van der Waals surface area contributed by atoms with Crippen LogP contribution in [0.15, 0.2) is 48.5 Å². The van der Waals surface area contributed by atoms with Crippen LogP contribution >= 0.6 is 11.6 Å². The second-order valence-corrected chi connectivity index (χ2v) is 7.38. The van der Waals surface area contributed by atoms with Gasteiger partial charge in [-0.15, -0.1) is 0 Å². The van der Waals surface area contributed by atoms with E-state index < -0.39 is 0 Å². The highest BCUT2D eigenvalue weighted by Crippen LogP contribution is 2.13. The molecule has 0 unspecified atom stereocenters. The highest BCUT2D eigenvalue weighted by Gasteiger charge is 2.22. The zero-order valence-electron chi connectivity index (χ0n) is 15.9. The van der Waals surface area contributed by atoms with E-state index in [1.807, 2.05) is 41.3 Å². The molecule has 2 aromatic rings. The van der Waals surface area contributed by atoms with E-state index in [-0.39, 0.29) is 18.0 Å². The standard InChI is InChI=1S/C21H25ClN4O2/c1-15-13-23-10-11-26(15)20(27)12-16-4-8-19(9-5-16)25-21(28)24-14-17-2-6-18(22)7-3-17/h2-9,15,23H,10-14H2,1H3,(H2,24,25,28)/t15-/m0/s1. The van der Waals surface area contributed by atoms with Gasteiger partial charge in [-0.25, -0.2) is 4.79 Å². The Morgan fingerprint density at radius 3 is 2.46 bits per heavy atom. The maximum atomic E-state index is 12.5. The zero-order chi connectivity index (χ0) is 19.9. The minimum absolute atomic E-state index is 0.135. The van der Waals surface area contributed by atoms with E-state index in [0.29, 0.717) is 23.7 Å². The lowest BCUT2D eigenvalue weighted by Crippen LogP contribution is -2.52. The number of hydrogen-bond donors (Lipinski definition) is 3. The molecule has 0 saturated carbocycles. The number of piperazine rings is 1. The molecule has 7 heteroatoms. The molecular formula is C21H25ClN4O2. The normalized spacial score (nSPS) is 16.5. The van der Waals surface area contributed by atoms with Gasteiger partial charge in [-0.05, 0) is 42.3 Å². The second-order valence-electron chi connectivity index (χ2n) is 6.95. The molecule has 2 aromatic carbocycles. The second kappa shape index (κ2) is 9.57. The first-order valence-corrected chi connectivity index (χ1v) is 9.77. The number of anilines is 1. The van der Waals surface area contributed by atoms with E-state index in [9.17, 15) is 9.59 Å². The number of nitrogens with zero attached hydrogens (tertiary/aromatic N) is 1. The fourth-order valence-electron chi connectivity index (χ4n) is 3.15. The monoisotopic (exact) mass is 400 g/mol. The minimum Gasteiger partial charge on any atom is -0.337 e. The maximum Gasteiger partial charge on any atom is 0.319 e. The Morgan fingerprint density at radius 2 is 1.79 bits per heavy atom. The quantitative estimate of drug-likeness (QED) is 0.722. The Morgan fingerprint density at radius 1 is 1.11 bits per heavy atom. The molecule has 1 fully saturated rings. The summed E-state index contributed by atoms with van der Waals surface area (Å²) >= 11 is 5.85. The molecule has 3 amide bonds. The van der Waals surface area contributed by atoms with E-state index in [0.717, 1.165) is 30.8 Å². The van der Waals surface area contributed by atoms with Crippen molar-refractivity contribution in [3.63, 3.8) is 0 Å². The summed E-state index contributed by atoms with van der Waals surface area (Å²) < 4.78 is 0. The van der Waals surface area contributed by atoms with Gasteiger partial charge in [0, 0.05) is 42.9 Å². The van der Waals surface area contributed by atoms with Crippen LogP contribution in [-0.4, -0.2) is 42.5 Å². The van der Waals surface area contributed by atoms with Gasteiger partial charge in [0.25, 0.3) is 0 Å².